The van der Waals surface area contributed by atoms with Gasteiger partial charge in [-0.1, -0.05) is 18.2 Å². The van der Waals surface area contributed by atoms with Gasteiger partial charge in [-0.25, -0.2) is 13.1 Å². The third kappa shape index (κ3) is 4.10. The average Bonchev–Trinajstić information content (AvgIpc) is 2.47. The predicted octanol–water partition coefficient (Wildman–Crippen LogP) is 1.89. The number of hydrogen-bond donors (Lipinski definition) is 2. The highest BCUT2D eigenvalue weighted by Gasteiger charge is 2.14. The fourth-order valence-electron chi connectivity index (χ4n) is 1.83. The van der Waals surface area contributed by atoms with Crippen molar-refractivity contribution in [2.24, 2.45) is 5.73 Å². The standard InChI is InChI=1S/C15H19N3O2S/c1-11-6-7-13(9-17-11)10-18-21(19,20)15-5-3-4-14(8-15)12(2)16/h3-9,12,18H,10,16H2,1-2H3. The van der Waals surface area contributed by atoms with Gasteiger partial charge in [-0.2, -0.15) is 0 Å². The molecule has 1 atom stereocenters. The summed E-state index contributed by atoms with van der Waals surface area (Å²) in [7, 11) is -3.56. The molecule has 0 aliphatic rings. The van der Waals surface area contributed by atoms with Crippen LogP contribution in [0.2, 0.25) is 0 Å². The van der Waals surface area contributed by atoms with E-state index in [0.717, 1.165) is 16.8 Å². The van der Waals surface area contributed by atoms with Crippen molar-refractivity contribution in [3.63, 3.8) is 0 Å². The lowest BCUT2D eigenvalue weighted by atomic mass is 10.1. The molecule has 3 N–H and O–H groups in total. The summed E-state index contributed by atoms with van der Waals surface area (Å²) >= 11 is 0. The summed E-state index contributed by atoms with van der Waals surface area (Å²) < 4.78 is 27.1. The summed E-state index contributed by atoms with van der Waals surface area (Å²) in [4.78, 5) is 4.36. The highest BCUT2D eigenvalue weighted by Crippen LogP contribution is 2.16. The molecular weight excluding hydrogens is 286 g/mol. The van der Waals surface area contributed by atoms with Crippen LogP contribution in [0, 0.1) is 6.92 Å². The molecule has 112 valence electrons. The van der Waals surface area contributed by atoms with Crippen LogP contribution in [-0.2, 0) is 16.6 Å². The number of nitrogens with two attached hydrogens (primary N) is 1. The lowest BCUT2D eigenvalue weighted by Crippen LogP contribution is -2.23. The first-order chi connectivity index (χ1) is 9.88. The highest BCUT2D eigenvalue weighted by molar-refractivity contribution is 7.89. The molecule has 0 amide bonds. The van der Waals surface area contributed by atoms with Gasteiger partial charge < -0.3 is 5.73 Å². The van der Waals surface area contributed by atoms with Gasteiger partial charge in [-0.15, -0.1) is 0 Å². The predicted molar refractivity (Wildman–Crippen MR) is 82.0 cm³/mol. The van der Waals surface area contributed by atoms with E-state index < -0.39 is 10.0 Å². The number of rotatable bonds is 5. The monoisotopic (exact) mass is 305 g/mol. The van der Waals surface area contributed by atoms with E-state index in [0.29, 0.717) is 0 Å². The van der Waals surface area contributed by atoms with Crippen molar-refractivity contribution in [1.29, 1.82) is 0 Å². The molecule has 0 saturated heterocycles. The number of sulfonamides is 1. The Morgan fingerprint density at radius 1 is 1.29 bits per heavy atom. The number of benzene rings is 1. The number of hydrogen-bond acceptors (Lipinski definition) is 4. The second kappa shape index (κ2) is 6.34. The van der Waals surface area contributed by atoms with Crippen molar-refractivity contribution in [3.8, 4) is 0 Å². The summed E-state index contributed by atoms with van der Waals surface area (Å²) in [6.45, 7) is 3.91. The van der Waals surface area contributed by atoms with Gasteiger partial charge >= 0.3 is 0 Å². The molecule has 2 aromatic rings. The van der Waals surface area contributed by atoms with E-state index in [4.69, 9.17) is 5.73 Å². The van der Waals surface area contributed by atoms with Gasteiger partial charge in [-0.05, 0) is 43.2 Å². The molecule has 1 aromatic carbocycles. The molecule has 5 nitrogen and oxygen atoms in total. The smallest absolute Gasteiger partial charge is 0.240 e. The van der Waals surface area contributed by atoms with Gasteiger partial charge in [0.25, 0.3) is 0 Å². The first-order valence-electron chi connectivity index (χ1n) is 6.65. The SMILES string of the molecule is Cc1ccc(CNS(=O)(=O)c2cccc(C(C)N)c2)cn1. The van der Waals surface area contributed by atoms with Crippen molar-refractivity contribution in [2.75, 3.05) is 0 Å². The quantitative estimate of drug-likeness (QED) is 0.883. The molecule has 1 unspecified atom stereocenters. The molecule has 0 aliphatic heterocycles. The van der Waals surface area contributed by atoms with E-state index in [-0.39, 0.29) is 17.5 Å². The average molecular weight is 305 g/mol. The third-order valence-corrected chi connectivity index (χ3v) is 4.53. The maximum absolute atomic E-state index is 12.3. The number of nitrogens with one attached hydrogen (secondary N) is 1. The molecule has 1 heterocycles. The van der Waals surface area contributed by atoms with Crippen molar-refractivity contribution < 1.29 is 8.42 Å². The number of aryl methyl sites for hydroxylation is 1. The molecule has 1 aromatic heterocycles. The Morgan fingerprint density at radius 2 is 2.05 bits per heavy atom. The molecule has 2 rings (SSSR count). The van der Waals surface area contributed by atoms with E-state index in [1.807, 2.05) is 32.0 Å². The van der Waals surface area contributed by atoms with E-state index in [1.54, 1.807) is 24.4 Å². The summed E-state index contributed by atoms with van der Waals surface area (Å²) in [5, 5.41) is 0. The second-order valence-electron chi connectivity index (χ2n) is 4.99. The van der Waals surface area contributed by atoms with Crippen LogP contribution in [0.3, 0.4) is 0 Å². The minimum atomic E-state index is -3.56. The lowest BCUT2D eigenvalue weighted by Gasteiger charge is -2.10. The third-order valence-electron chi connectivity index (χ3n) is 3.13. The minimum Gasteiger partial charge on any atom is -0.324 e. The molecule has 0 fully saturated rings. The van der Waals surface area contributed by atoms with Gasteiger partial charge in [0, 0.05) is 24.5 Å². The fraction of sp³-hybridized carbons (Fsp3) is 0.267. The van der Waals surface area contributed by atoms with Crippen LogP contribution in [0.25, 0.3) is 0 Å². The first kappa shape index (κ1) is 15.6. The summed E-state index contributed by atoms with van der Waals surface area (Å²) in [6, 6.07) is 10.2. The number of aromatic nitrogens is 1. The Balaban J connectivity index is 2.14. The minimum absolute atomic E-state index is 0.206. The Hall–Kier alpha value is -1.76. The van der Waals surface area contributed by atoms with Crippen LogP contribution < -0.4 is 10.5 Å². The highest BCUT2D eigenvalue weighted by atomic mass is 32.2. The molecule has 0 saturated carbocycles. The van der Waals surface area contributed by atoms with E-state index in [2.05, 4.69) is 9.71 Å². The van der Waals surface area contributed by atoms with Crippen LogP contribution in [0.1, 0.15) is 29.8 Å². The van der Waals surface area contributed by atoms with Gasteiger partial charge in [0.05, 0.1) is 4.90 Å². The van der Waals surface area contributed by atoms with Crippen LogP contribution in [0.5, 0.6) is 0 Å². The molecule has 6 heteroatoms. The molecule has 21 heavy (non-hydrogen) atoms. The van der Waals surface area contributed by atoms with Crippen LogP contribution in [0.4, 0.5) is 0 Å². The maximum Gasteiger partial charge on any atom is 0.240 e. The van der Waals surface area contributed by atoms with Crippen molar-refractivity contribution in [3.05, 3.63) is 59.4 Å². The zero-order chi connectivity index (χ0) is 15.5. The molecule has 0 radical (unpaired) electrons. The number of nitrogens with zero attached hydrogens (tertiary/aromatic N) is 1. The van der Waals surface area contributed by atoms with E-state index in [9.17, 15) is 8.42 Å². The molecule has 0 aliphatic carbocycles. The van der Waals surface area contributed by atoms with Gasteiger partial charge in [0.15, 0.2) is 0 Å². The maximum atomic E-state index is 12.3. The lowest BCUT2D eigenvalue weighted by molar-refractivity contribution is 0.581. The zero-order valence-electron chi connectivity index (χ0n) is 12.1. The van der Waals surface area contributed by atoms with Crippen molar-refractivity contribution >= 4 is 10.0 Å². The van der Waals surface area contributed by atoms with Crippen LogP contribution >= 0.6 is 0 Å². The van der Waals surface area contributed by atoms with E-state index >= 15 is 0 Å². The molecule has 0 spiro atoms. The van der Waals surface area contributed by atoms with E-state index in [1.165, 1.54) is 0 Å². The Morgan fingerprint density at radius 3 is 2.67 bits per heavy atom. The van der Waals surface area contributed by atoms with Crippen LogP contribution in [-0.4, -0.2) is 13.4 Å². The number of pyridine rings is 1. The summed E-state index contributed by atoms with van der Waals surface area (Å²) in [5.74, 6) is 0. The Kier molecular flexibility index (Phi) is 4.72. The van der Waals surface area contributed by atoms with Gasteiger partial charge in [-0.3, -0.25) is 4.98 Å². The second-order valence-corrected chi connectivity index (χ2v) is 6.76. The van der Waals surface area contributed by atoms with Crippen molar-refractivity contribution in [1.82, 2.24) is 9.71 Å². The molecular formula is C15H19N3O2S. The fourth-order valence-corrected chi connectivity index (χ4v) is 2.90. The summed E-state index contributed by atoms with van der Waals surface area (Å²) in [6.07, 6.45) is 1.66. The molecule has 0 bridgehead atoms. The summed E-state index contributed by atoms with van der Waals surface area (Å²) in [5.41, 5.74) is 8.28. The van der Waals surface area contributed by atoms with Gasteiger partial charge in [0.1, 0.15) is 0 Å². The van der Waals surface area contributed by atoms with Crippen molar-refractivity contribution in [2.45, 2.75) is 31.3 Å². The normalized spacial score (nSPS) is 13.1. The zero-order valence-corrected chi connectivity index (χ0v) is 12.9. The Bertz CT molecular complexity index is 710. The first-order valence-corrected chi connectivity index (χ1v) is 8.13. The Labute approximate surface area is 125 Å². The topological polar surface area (TPSA) is 85.1 Å². The van der Waals surface area contributed by atoms with Gasteiger partial charge in [0.2, 0.25) is 10.0 Å². The van der Waals surface area contributed by atoms with Crippen LogP contribution in [0.15, 0.2) is 47.5 Å². The largest absolute Gasteiger partial charge is 0.324 e.